The van der Waals surface area contributed by atoms with E-state index >= 15 is 0 Å². The number of ether oxygens (including phenoxy) is 1. The summed E-state index contributed by atoms with van der Waals surface area (Å²) in [4.78, 5) is 0. The SMILES string of the molecule is CC(C)(C)OC1CC(O)C12CCCCCC2. The molecular weight excluding hydrogens is 200 g/mol. The zero-order chi connectivity index (χ0) is 11.8. The molecule has 2 saturated carbocycles. The predicted octanol–water partition coefficient (Wildman–Crippen LogP) is 3.28. The molecule has 1 N–H and O–H groups in total. The van der Waals surface area contributed by atoms with Crippen molar-refractivity contribution in [1.82, 2.24) is 0 Å². The van der Waals surface area contributed by atoms with E-state index in [4.69, 9.17) is 4.74 Å². The molecule has 2 heteroatoms. The Labute approximate surface area is 99.4 Å². The first-order valence-electron chi connectivity index (χ1n) is 6.80. The van der Waals surface area contributed by atoms with Crippen LogP contribution < -0.4 is 0 Å². The number of hydrogen-bond acceptors (Lipinski definition) is 2. The van der Waals surface area contributed by atoms with Crippen molar-refractivity contribution >= 4 is 0 Å². The van der Waals surface area contributed by atoms with Crippen LogP contribution in [0.3, 0.4) is 0 Å². The van der Waals surface area contributed by atoms with Crippen molar-refractivity contribution in [2.45, 2.75) is 83.5 Å². The van der Waals surface area contributed by atoms with Crippen LogP contribution in [0.25, 0.3) is 0 Å². The van der Waals surface area contributed by atoms with Gasteiger partial charge in [0.15, 0.2) is 0 Å². The average molecular weight is 226 g/mol. The molecule has 0 radical (unpaired) electrons. The minimum Gasteiger partial charge on any atom is -0.392 e. The molecule has 1 spiro atoms. The van der Waals surface area contributed by atoms with E-state index in [1.165, 1.54) is 25.7 Å². The highest BCUT2D eigenvalue weighted by Crippen LogP contribution is 2.53. The Hall–Kier alpha value is -0.0800. The molecule has 0 aromatic rings. The van der Waals surface area contributed by atoms with Gasteiger partial charge >= 0.3 is 0 Å². The van der Waals surface area contributed by atoms with Gasteiger partial charge in [-0.05, 0) is 33.6 Å². The summed E-state index contributed by atoms with van der Waals surface area (Å²) in [6, 6.07) is 0. The zero-order valence-electron chi connectivity index (χ0n) is 11.0. The maximum Gasteiger partial charge on any atom is 0.0688 e. The van der Waals surface area contributed by atoms with Gasteiger partial charge in [-0.15, -0.1) is 0 Å². The second kappa shape index (κ2) is 4.30. The Morgan fingerprint density at radius 2 is 1.62 bits per heavy atom. The van der Waals surface area contributed by atoms with Gasteiger partial charge in [-0.3, -0.25) is 0 Å². The fraction of sp³-hybridized carbons (Fsp3) is 1.00. The Morgan fingerprint density at radius 3 is 2.06 bits per heavy atom. The molecule has 2 fully saturated rings. The standard InChI is InChI=1S/C14H26O2/c1-13(2,3)16-12-10-11(15)14(12)8-6-4-5-7-9-14/h11-12,15H,4-10H2,1-3H3. The van der Waals surface area contributed by atoms with Crippen molar-refractivity contribution in [2.24, 2.45) is 5.41 Å². The summed E-state index contributed by atoms with van der Waals surface area (Å²) >= 11 is 0. The summed E-state index contributed by atoms with van der Waals surface area (Å²) < 4.78 is 6.13. The fourth-order valence-electron chi connectivity index (χ4n) is 3.36. The van der Waals surface area contributed by atoms with Crippen molar-refractivity contribution in [3.63, 3.8) is 0 Å². The molecular formula is C14H26O2. The summed E-state index contributed by atoms with van der Waals surface area (Å²) in [6.07, 6.45) is 8.54. The van der Waals surface area contributed by atoms with E-state index < -0.39 is 0 Å². The molecule has 0 bridgehead atoms. The molecule has 0 aromatic heterocycles. The van der Waals surface area contributed by atoms with Gasteiger partial charge in [0.1, 0.15) is 0 Å². The highest BCUT2D eigenvalue weighted by atomic mass is 16.5. The molecule has 0 saturated heterocycles. The fourth-order valence-corrected chi connectivity index (χ4v) is 3.36. The first kappa shape index (κ1) is 12.4. The molecule has 2 aliphatic rings. The van der Waals surface area contributed by atoms with Crippen LogP contribution in [0.4, 0.5) is 0 Å². The third-order valence-corrected chi connectivity index (χ3v) is 4.27. The van der Waals surface area contributed by atoms with Crippen LogP contribution in [-0.4, -0.2) is 22.9 Å². The molecule has 94 valence electrons. The molecule has 2 aliphatic carbocycles. The zero-order valence-corrected chi connectivity index (χ0v) is 11.0. The van der Waals surface area contributed by atoms with Crippen molar-refractivity contribution in [3.8, 4) is 0 Å². The molecule has 0 amide bonds. The van der Waals surface area contributed by atoms with Gasteiger partial charge in [-0.2, -0.15) is 0 Å². The van der Waals surface area contributed by atoms with E-state index in [-0.39, 0.29) is 17.1 Å². The minimum atomic E-state index is -0.113. The van der Waals surface area contributed by atoms with Crippen LogP contribution in [0, 0.1) is 5.41 Å². The second-order valence-corrected chi connectivity index (χ2v) is 6.62. The largest absolute Gasteiger partial charge is 0.392 e. The number of aliphatic hydroxyl groups is 1. The monoisotopic (exact) mass is 226 g/mol. The lowest BCUT2D eigenvalue weighted by Gasteiger charge is -2.55. The van der Waals surface area contributed by atoms with E-state index in [0.717, 1.165) is 19.3 Å². The Balaban J connectivity index is 2.04. The van der Waals surface area contributed by atoms with Crippen LogP contribution in [0.2, 0.25) is 0 Å². The van der Waals surface area contributed by atoms with E-state index in [9.17, 15) is 5.11 Å². The maximum atomic E-state index is 10.1. The van der Waals surface area contributed by atoms with Crippen LogP contribution in [-0.2, 0) is 4.74 Å². The smallest absolute Gasteiger partial charge is 0.0688 e. The highest BCUT2D eigenvalue weighted by molar-refractivity contribution is 5.05. The van der Waals surface area contributed by atoms with Crippen LogP contribution in [0.15, 0.2) is 0 Å². The lowest BCUT2D eigenvalue weighted by molar-refractivity contribution is -0.231. The van der Waals surface area contributed by atoms with Crippen LogP contribution >= 0.6 is 0 Å². The van der Waals surface area contributed by atoms with E-state index in [2.05, 4.69) is 20.8 Å². The summed E-state index contributed by atoms with van der Waals surface area (Å²) in [6.45, 7) is 6.34. The van der Waals surface area contributed by atoms with E-state index in [0.29, 0.717) is 6.10 Å². The number of aliphatic hydroxyl groups excluding tert-OH is 1. The molecule has 2 nitrogen and oxygen atoms in total. The van der Waals surface area contributed by atoms with Gasteiger partial charge in [0, 0.05) is 11.8 Å². The maximum absolute atomic E-state index is 10.1. The van der Waals surface area contributed by atoms with Gasteiger partial charge in [0.25, 0.3) is 0 Å². The molecule has 0 aliphatic heterocycles. The molecule has 0 aromatic carbocycles. The third kappa shape index (κ3) is 2.28. The number of hydrogen-bond donors (Lipinski definition) is 1. The van der Waals surface area contributed by atoms with Crippen LogP contribution in [0.1, 0.15) is 65.7 Å². The van der Waals surface area contributed by atoms with Gasteiger partial charge in [0.05, 0.1) is 17.8 Å². The Kier molecular flexibility index (Phi) is 3.33. The molecule has 0 heterocycles. The van der Waals surface area contributed by atoms with Gasteiger partial charge < -0.3 is 9.84 Å². The predicted molar refractivity (Wildman–Crippen MR) is 65.4 cm³/mol. The van der Waals surface area contributed by atoms with Gasteiger partial charge in [-0.1, -0.05) is 25.7 Å². The normalized spacial score (nSPS) is 34.5. The summed E-state index contributed by atoms with van der Waals surface area (Å²) in [5.41, 5.74) is 0.0217. The van der Waals surface area contributed by atoms with Crippen LogP contribution in [0.5, 0.6) is 0 Å². The van der Waals surface area contributed by atoms with Gasteiger partial charge in [0.2, 0.25) is 0 Å². The Morgan fingerprint density at radius 1 is 1.06 bits per heavy atom. The van der Waals surface area contributed by atoms with E-state index in [1.807, 2.05) is 0 Å². The third-order valence-electron chi connectivity index (χ3n) is 4.27. The summed E-state index contributed by atoms with van der Waals surface area (Å²) in [7, 11) is 0. The van der Waals surface area contributed by atoms with E-state index in [1.54, 1.807) is 0 Å². The topological polar surface area (TPSA) is 29.5 Å². The average Bonchev–Trinajstić information content (AvgIpc) is 2.42. The lowest BCUT2D eigenvalue weighted by atomic mass is 9.59. The van der Waals surface area contributed by atoms with Crippen molar-refractivity contribution in [1.29, 1.82) is 0 Å². The lowest BCUT2D eigenvalue weighted by Crippen LogP contribution is -2.59. The van der Waals surface area contributed by atoms with Crippen molar-refractivity contribution < 1.29 is 9.84 Å². The quantitative estimate of drug-likeness (QED) is 0.743. The number of rotatable bonds is 1. The molecule has 2 rings (SSSR count). The molecule has 2 unspecified atom stereocenters. The van der Waals surface area contributed by atoms with Crippen molar-refractivity contribution in [3.05, 3.63) is 0 Å². The first-order valence-corrected chi connectivity index (χ1v) is 6.80. The highest BCUT2D eigenvalue weighted by Gasteiger charge is 2.55. The molecule has 16 heavy (non-hydrogen) atoms. The minimum absolute atomic E-state index is 0.0793. The second-order valence-electron chi connectivity index (χ2n) is 6.62. The van der Waals surface area contributed by atoms with Crippen molar-refractivity contribution in [2.75, 3.05) is 0 Å². The summed E-state index contributed by atoms with van der Waals surface area (Å²) in [5.74, 6) is 0. The van der Waals surface area contributed by atoms with Gasteiger partial charge in [-0.25, -0.2) is 0 Å². The Bertz CT molecular complexity index is 234. The first-order chi connectivity index (χ1) is 7.44. The molecule has 2 atom stereocenters. The summed E-state index contributed by atoms with van der Waals surface area (Å²) in [5, 5.41) is 10.1.